The van der Waals surface area contributed by atoms with Gasteiger partial charge >= 0.3 is 0 Å². The highest BCUT2D eigenvalue weighted by molar-refractivity contribution is 6.30. The first-order chi connectivity index (χ1) is 7.71. The Morgan fingerprint density at radius 1 is 1.19 bits per heavy atom. The smallest absolute Gasteiger partial charge is 0.0584 e. The minimum absolute atomic E-state index is 0.167. The minimum atomic E-state index is 0.167. The molecule has 1 rings (SSSR count). The van der Waals surface area contributed by atoms with Crippen LogP contribution in [0.15, 0.2) is 24.3 Å². The molecule has 0 bridgehead atoms. The van der Waals surface area contributed by atoms with Crippen molar-refractivity contribution in [3.05, 3.63) is 34.9 Å². The number of benzene rings is 1. The molecule has 0 aliphatic carbocycles. The lowest BCUT2D eigenvalue weighted by atomic mass is 10.0. The average Bonchev–Trinajstić information content (AvgIpc) is 2.32. The largest absolute Gasteiger partial charge is 0.395 e. The summed E-state index contributed by atoms with van der Waals surface area (Å²) in [6.07, 6.45) is 1.93. The van der Waals surface area contributed by atoms with Gasteiger partial charge in [0.2, 0.25) is 0 Å². The van der Waals surface area contributed by atoms with E-state index in [2.05, 4.69) is 19.2 Å². The lowest BCUT2D eigenvalue weighted by molar-refractivity contribution is 0.226. The van der Waals surface area contributed by atoms with Crippen molar-refractivity contribution in [2.24, 2.45) is 0 Å². The number of hydrogen-bond donors (Lipinski definition) is 2. The Hall–Kier alpha value is -0.570. The molecule has 0 saturated carbocycles. The van der Waals surface area contributed by atoms with Crippen molar-refractivity contribution in [3.63, 3.8) is 0 Å². The van der Waals surface area contributed by atoms with Crippen LogP contribution in [0.3, 0.4) is 0 Å². The van der Waals surface area contributed by atoms with E-state index < -0.39 is 0 Å². The molecule has 16 heavy (non-hydrogen) atoms. The summed E-state index contributed by atoms with van der Waals surface area (Å²) >= 11 is 5.86. The number of aliphatic hydroxyl groups is 1. The number of aliphatic hydroxyl groups excluding tert-OH is 1. The average molecular weight is 242 g/mol. The molecule has 3 heteroatoms. The summed E-state index contributed by atoms with van der Waals surface area (Å²) in [4.78, 5) is 0. The van der Waals surface area contributed by atoms with Gasteiger partial charge in [-0.1, -0.05) is 37.6 Å². The zero-order valence-electron chi connectivity index (χ0n) is 9.91. The Kier molecular flexibility index (Phi) is 5.81. The summed E-state index contributed by atoms with van der Waals surface area (Å²) < 4.78 is 0. The highest BCUT2D eigenvalue weighted by Gasteiger charge is 2.13. The zero-order chi connectivity index (χ0) is 12.0. The molecule has 2 nitrogen and oxygen atoms in total. The second kappa shape index (κ2) is 6.89. The van der Waals surface area contributed by atoms with Crippen molar-refractivity contribution in [1.29, 1.82) is 0 Å². The summed E-state index contributed by atoms with van der Waals surface area (Å²) in [7, 11) is 0. The van der Waals surface area contributed by atoms with Crippen LogP contribution >= 0.6 is 11.6 Å². The maximum absolute atomic E-state index is 9.18. The van der Waals surface area contributed by atoms with Crippen LogP contribution in [-0.2, 0) is 0 Å². The maximum atomic E-state index is 9.18. The molecule has 0 aromatic heterocycles. The fraction of sp³-hybridized carbons (Fsp3) is 0.538. The lowest BCUT2D eigenvalue weighted by Gasteiger charge is -2.23. The van der Waals surface area contributed by atoms with Crippen molar-refractivity contribution in [2.75, 3.05) is 6.61 Å². The van der Waals surface area contributed by atoms with Crippen molar-refractivity contribution in [1.82, 2.24) is 5.32 Å². The Morgan fingerprint density at radius 3 is 2.25 bits per heavy atom. The molecule has 0 aliphatic rings. The highest BCUT2D eigenvalue weighted by Crippen LogP contribution is 2.19. The SMILES string of the molecule is CCC(CO)NC(CC)c1ccc(Cl)cc1. The van der Waals surface area contributed by atoms with E-state index in [0.29, 0.717) is 0 Å². The molecular formula is C13H20ClNO. The zero-order valence-corrected chi connectivity index (χ0v) is 10.7. The van der Waals surface area contributed by atoms with E-state index in [1.165, 1.54) is 5.56 Å². The van der Waals surface area contributed by atoms with E-state index in [-0.39, 0.29) is 18.7 Å². The van der Waals surface area contributed by atoms with Crippen LogP contribution in [0.4, 0.5) is 0 Å². The van der Waals surface area contributed by atoms with Gasteiger partial charge in [0.05, 0.1) is 6.61 Å². The second-order valence-corrected chi connectivity index (χ2v) is 4.40. The highest BCUT2D eigenvalue weighted by atomic mass is 35.5. The quantitative estimate of drug-likeness (QED) is 0.802. The van der Waals surface area contributed by atoms with Gasteiger partial charge in [0, 0.05) is 17.1 Å². The van der Waals surface area contributed by atoms with Crippen LogP contribution in [0.2, 0.25) is 5.02 Å². The Bertz CT molecular complexity index is 295. The third kappa shape index (κ3) is 3.78. The van der Waals surface area contributed by atoms with Crippen molar-refractivity contribution >= 4 is 11.6 Å². The molecule has 0 aliphatic heterocycles. The van der Waals surface area contributed by atoms with Gasteiger partial charge in [0.1, 0.15) is 0 Å². The van der Waals surface area contributed by atoms with Gasteiger partial charge in [0.25, 0.3) is 0 Å². The molecule has 90 valence electrons. The van der Waals surface area contributed by atoms with Crippen LogP contribution in [-0.4, -0.2) is 17.8 Å². The number of hydrogen-bond acceptors (Lipinski definition) is 2. The topological polar surface area (TPSA) is 32.3 Å². The molecule has 0 saturated heterocycles. The van der Waals surface area contributed by atoms with Gasteiger partial charge in [-0.2, -0.15) is 0 Å². The first kappa shape index (κ1) is 13.5. The van der Waals surface area contributed by atoms with Gasteiger partial charge in [-0.05, 0) is 30.5 Å². The van der Waals surface area contributed by atoms with Gasteiger partial charge in [-0.15, -0.1) is 0 Å². The lowest BCUT2D eigenvalue weighted by Crippen LogP contribution is -2.34. The van der Waals surface area contributed by atoms with Gasteiger partial charge < -0.3 is 10.4 Å². The van der Waals surface area contributed by atoms with Crippen molar-refractivity contribution in [3.8, 4) is 0 Å². The molecule has 1 aromatic carbocycles. The first-order valence-corrected chi connectivity index (χ1v) is 6.21. The second-order valence-electron chi connectivity index (χ2n) is 3.97. The number of rotatable bonds is 6. The van der Waals surface area contributed by atoms with E-state index in [4.69, 9.17) is 11.6 Å². The Morgan fingerprint density at radius 2 is 1.81 bits per heavy atom. The van der Waals surface area contributed by atoms with Crippen molar-refractivity contribution in [2.45, 2.75) is 38.8 Å². The van der Waals surface area contributed by atoms with E-state index in [0.717, 1.165) is 17.9 Å². The maximum Gasteiger partial charge on any atom is 0.0584 e. The minimum Gasteiger partial charge on any atom is -0.395 e. The van der Waals surface area contributed by atoms with Crippen molar-refractivity contribution < 1.29 is 5.11 Å². The molecular weight excluding hydrogens is 222 g/mol. The first-order valence-electron chi connectivity index (χ1n) is 5.83. The summed E-state index contributed by atoms with van der Waals surface area (Å²) in [6.45, 7) is 4.39. The molecule has 0 amide bonds. The van der Waals surface area contributed by atoms with Crippen LogP contribution in [0.5, 0.6) is 0 Å². The van der Waals surface area contributed by atoms with Gasteiger partial charge in [-0.3, -0.25) is 0 Å². The van der Waals surface area contributed by atoms with E-state index in [1.807, 2.05) is 24.3 Å². The van der Waals surface area contributed by atoms with Gasteiger partial charge in [0.15, 0.2) is 0 Å². The third-order valence-corrected chi connectivity index (χ3v) is 3.08. The number of halogens is 1. The molecule has 0 radical (unpaired) electrons. The summed E-state index contributed by atoms with van der Waals surface area (Å²) in [5.74, 6) is 0. The summed E-state index contributed by atoms with van der Waals surface area (Å²) in [5, 5.41) is 13.4. The fourth-order valence-corrected chi connectivity index (χ4v) is 1.86. The van der Waals surface area contributed by atoms with Gasteiger partial charge in [-0.25, -0.2) is 0 Å². The predicted molar refractivity (Wildman–Crippen MR) is 68.8 cm³/mol. The Labute approximate surface area is 103 Å². The molecule has 0 spiro atoms. The monoisotopic (exact) mass is 241 g/mol. The normalized spacial score (nSPS) is 14.8. The van der Waals surface area contributed by atoms with E-state index >= 15 is 0 Å². The fourth-order valence-electron chi connectivity index (χ4n) is 1.73. The van der Waals surface area contributed by atoms with E-state index in [9.17, 15) is 5.11 Å². The van der Waals surface area contributed by atoms with Crippen LogP contribution in [0.1, 0.15) is 38.3 Å². The molecule has 0 fully saturated rings. The van der Waals surface area contributed by atoms with Crippen LogP contribution in [0, 0.1) is 0 Å². The Balaban J connectivity index is 2.70. The standard InChI is InChI=1S/C13H20ClNO/c1-3-12(9-16)15-13(4-2)10-5-7-11(14)8-6-10/h5-8,12-13,15-16H,3-4,9H2,1-2H3. The summed E-state index contributed by atoms with van der Waals surface area (Å²) in [5.41, 5.74) is 1.22. The summed E-state index contributed by atoms with van der Waals surface area (Å²) in [6, 6.07) is 8.33. The van der Waals surface area contributed by atoms with Crippen LogP contribution < -0.4 is 5.32 Å². The molecule has 2 unspecified atom stereocenters. The third-order valence-electron chi connectivity index (χ3n) is 2.83. The molecule has 2 atom stereocenters. The van der Waals surface area contributed by atoms with Crippen LogP contribution in [0.25, 0.3) is 0 Å². The number of nitrogens with one attached hydrogen (secondary N) is 1. The molecule has 0 heterocycles. The molecule has 2 N–H and O–H groups in total. The van der Waals surface area contributed by atoms with E-state index in [1.54, 1.807) is 0 Å². The molecule has 1 aromatic rings. The predicted octanol–water partition coefficient (Wildman–Crippen LogP) is 3.15.